The van der Waals surface area contributed by atoms with Crippen LogP contribution in [0.1, 0.15) is 252 Å². The Morgan fingerprint density at radius 3 is 1.05 bits per heavy atom. The molecule has 0 rings (SSSR count). The van der Waals surface area contributed by atoms with Crippen molar-refractivity contribution in [2.24, 2.45) is 0 Å². The van der Waals surface area contributed by atoms with Crippen LogP contribution in [0, 0.1) is 0 Å². The molecule has 0 aromatic carbocycles. The molecule has 0 fully saturated rings. The van der Waals surface area contributed by atoms with Gasteiger partial charge in [-0.3, -0.25) is 14.4 Å². The van der Waals surface area contributed by atoms with Gasteiger partial charge in [-0.05, 0) is 83.5 Å². The third-order valence-corrected chi connectivity index (χ3v) is 11.0. The Kier molecular flexibility index (Phi) is 47.4. The van der Waals surface area contributed by atoms with Crippen LogP contribution in [0.25, 0.3) is 0 Å². The lowest BCUT2D eigenvalue weighted by Gasteiger charge is -2.18. The minimum atomic E-state index is -0.797. The molecule has 0 amide bonds. The monoisotopic (exact) mass is 853 g/mol. The SMILES string of the molecule is CCCCC/C=C\C/C=C\C/C=C\C/C=C\CCCC(=O)OC[C@H](COC(=O)CCCCCCCCCCCCCCC)OC(=O)CCCCCCC/C=C\CCCCCC. The molecule has 0 saturated heterocycles. The molecular weight excluding hydrogens is 757 g/mol. The second-order valence-corrected chi connectivity index (χ2v) is 17.1. The number of carbonyl (C=O) groups excluding carboxylic acids is 3. The number of carbonyl (C=O) groups is 3. The van der Waals surface area contributed by atoms with E-state index in [1.165, 1.54) is 128 Å². The zero-order valence-corrected chi connectivity index (χ0v) is 40.2. The van der Waals surface area contributed by atoms with E-state index in [9.17, 15) is 14.4 Å². The zero-order valence-electron chi connectivity index (χ0n) is 40.2. The first-order valence-electron chi connectivity index (χ1n) is 25.8. The first-order valence-corrected chi connectivity index (χ1v) is 25.8. The Labute approximate surface area is 377 Å². The van der Waals surface area contributed by atoms with Gasteiger partial charge in [-0.25, -0.2) is 0 Å². The summed E-state index contributed by atoms with van der Waals surface area (Å²) in [4.78, 5) is 37.9. The van der Waals surface area contributed by atoms with Crippen LogP contribution in [0.2, 0.25) is 0 Å². The highest BCUT2D eigenvalue weighted by molar-refractivity contribution is 5.71. The number of unbranched alkanes of at least 4 members (excludes halogenated alkanes) is 25. The molecule has 0 aliphatic heterocycles. The molecule has 61 heavy (non-hydrogen) atoms. The molecule has 0 radical (unpaired) electrons. The highest BCUT2D eigenvalue weighted by Gasteiger charge is 2.19. The van der Waals surface area contributed by atoms with Crippen LogP contribution < -0.4 is 0 Å². The van der Waals surface area contributed by atoms with E-state index in [0.717, 1.165) is 77.0 Å². The Morgan fingerprint density at radius 1 is 0.328 bits per heavy atom. The van der Waals surface area contributed by atoms with Crippen molar-refractivity contribution in [2.45, 2.75) is 258 Å². The average Bonchev–Trinajstić information content (AvgIpc) is 3.26. The number of hydrogen-bond acceptors (Lipinski definition) is 6. The molecule has 0 aromatic heterocycles. The van der Waals surface area contributed by atoms with Crippen LogP contribution in [0.5, 0.6) is 0 Å². The van der Waals surface area contributed by atoms with Gasteiger partial charge in [-0.15, -0.1) is 0 Å². The molecular formula is C55H96O6. The van der Waals surface area contributed by atoms with Crippen molar-refractivity contribution in [3.05, 3.63) is 60.8 Å². The predicted molar refractivity (Wildman–Crippen MR) is 261 cm³/mol. The maximum Gasteiger partial charge on any atom is 0.306 e. The number of ether oxygens (including phenoxy) is 3. The summed E-state index contributed by atoms with van der Waals surface area (Å²) in [6, 6.07) is 0. The van der Waals surface area contributed by atoms with Crippen LogP contribution in [-0.2, 0) is 28.6 Å². The van der Waals surface area contributed by atoms with Crippen molar-refractivity contribution in [3.63, 3.8) is 0 Å². The largest absolute Gasteiger partial charge is 0.462 e. The van der Waals surface area contributed by atoms with Crippen LogP contribution in [0.3, 0.4) is 0 Å². The van der Waals surface area contributed by atoms with Crippen LogP contribution in [0.4, 0.5) is 0 Å². The highest BCUT2D eigenvalue weighted by atomic mass is 16.6. The van der Waals surface area contributed by atoms with Crippen molar-refractivity contribution in [1.29, 1.82) is 0 Å². The molecule has 0 aliphatic carbocycles. The van der Waals surface area contributed by atoms with E-state index in [0.29, 0.717) is 19.3 Å². The molecule has 0 unspecified atom stereocenters. The lowest BCUT2D eigenvalue weighted by atomic mass is 10.0. The normalized spacial score (nSPS) is 12.5. The van der Waals surface area contributed by atoms with Gasteiger partial charge in [0, 0.05) is 19.3 Å². The zero-order chi connectivity index (χ0) is 44.4. The summed E-state index contributed by atoms with van der Waals surface area (Å²) in [5, 5.41) is 0. The first-order chi connectivity index (χ1) is 30.0. The highest BCUT2D eigenvalue weighted by Crippen LogP contribution is 2.14. The van der Waals surface area contributed by atoms with E-state index < -0.39 is 6.10 Å². The number of rotatable bonds is 46. The predicted octanol–water partition coefficient (Wildman–Crippen LogP) is 16.9. The van der Waals surface area contributed by atoms with Crippen molar-refractivity contribution in [1.82, 2.24) is 0 Å². The molecule has 0 bridgehead atoms. The Bertz CT molecular complexity index is 1120. The maximum absolute atomic E-state index is 12.8. The molecule has 0 N–H and O–H groups in total. The lowest BCUT2D eigenvalue weighted by molar-refractivity contribution is -0.167. The van der Waals surface area contributed by atoms with Gasteiger partial charge < -0.3 is 14.2 Å². The molecule has 6 nitrogen and oxygen atoms in total. The van der Waals surface area contributed by atoms with E-state index in [-0.39, 0.29) is 37.5 Å². The van der Waals surface area contributed by atoms with E-state index in [1.54, 1.807) is 0 Å². The van der Waals surface area contributed by atoms with E-state index in [2.05, 4.69) is 81.5 Å². The van der Waals surface area contributed by atoms with Gasteiger partial charge in [0.2, 0.25) is 0 Å². The van der Waals surface area contributed by atoms with Gasteiger partial charge in [0.1, 0.15) is 13.2 Å². The van der Waals surface area contributed by atoms with E-state index in [4.69, 9.17) is 14.2 Å². The van der Waals surface area contributed by atoms with Gasteiger partial charge in [-0.1, -0.05) is 210 Å². The minimum absolute atomic E-state index is 0.0926. The summed E-state index contributed by atoms with van der Waals surface area (Å²) < 4.78 is 16.7. The number of allylic oxidation sites excluding steroid dienone is 10. The standard InChI is InChI=1S/C55H96O6/c1-4-7-10-13-16-19-22-25-26-27-28-31-33-36-39-42-45-48-54(57)60-51-52(61-55(58)49-46-43-40-37-34-30-24-21-18-15-12-9-6-3)50-59-53(56)47-44-41-38-35-32-29-23-20-17-14-11-8-5-2/h16,19,21,24-26,28,31,36,39,52H,4-15,17-18,20,22-23,27,29-30,32-35,37-38,40-51H2,1-3H3/b19-16-,24-21-,26-25-,31-28-,39-36-/t52-/m0/s1. The third kappa shape index (κ3) is 48.0. The summed E-state index contributed by atoms with van der Waals surface area (Å²) in [5.41, 5.74) is 0. The van der Waals surface area contributed by atoms with Crippen molar-refractivity contribution < 1.29 is 28.6 Å². The maximum atomic E-state index is 12.8. The Morgan fingerprint density at radius 2 is 0.607 bits per heavy atom. The first kappa shape index (κ1) is 58.1. The molecule has 6 heteroatoms. The second kappa shape index (κ2) is 49.8. The van der Waals surface area contributed by atoms with E-state index >= 15 is 0 Å². The fourth-order valence-electron chi connectivity index (χ4n) is 7.08. The summed E-state index contributed by atoms with van der Waals surface area (Å²) in [7, 11) is 0. The average molecular weight is 853 g/mol. The van der Waals surface area contributed by atoms with Crippen LogP contribution in [0.15, 0.2) is 60.8 Å². The smallest absolute Gasteiger partial charge is 0.306 e. The number of esters is 3. The summed E-state index contributed by atoms with van der Waals surface area (Å²) in [6.07, 6.45) is 60.6. The summed E-state index contributed by atoms with van der Waals surface area (Å²) in [5.74, 6) is -0.956. The molecule has 352 valence electrons. The fraction of sp³-hybridized carbons (Fsp3) is 0.764. The van der Waals surface area contributed by atoms with Gasteiger partial charge in [0.25, 0.3) is 0 Å². The molecule has 0 heterocycles. The molecule has 0 aliphatic rings. The quantitative estimate of drug-likeness (QED) is 0.0263. The van der Waals surface area contributed by atoms with Crippen molar-refractivity contribution in [3.8, 4) is 0 Å². The second-order valence-electron chi connectivity index (χ2n) is 17.1. The molecule has 0 spiro atoms. The fourth-order valence-corrected chi connectivity index (χ4v) is 7.08. The molecule has 0 saturated carbocycles. The van der Waals surface area contributed by atoms with Gasteiger partial charge >= 0.3 is 17.9 Å². The molecule has 0 aromatic rings. The Balaban J connectivity index is 4.46. The van der Waals surface area contributed by atoms with Gasteiger partial charge in [0.15, 0.2) is 6.10 Å². The van der Waals surface area contributed by atoms with E-state index in [1.807, 2.05) is 0 Å². The van der Waals surface area contributed by atoms with Gasteiger partial charge in [0.05, 0.1) is 0 Å². The minimum Gasteiger partial charge on any atom is -0.462 e. The van der Waals surface area contributed by atoms with Crippen LogP contribution >= 0.6 is 0 Å². The molecule has 1 atom stereocenters. The van der Waals surface area contributed by atoms with Crippen molar-refractivity contribution in [2.75, 3.05) is 13.2 Å². The lowest BCUT2D eigenvalue weighted by Crippen LogP contribution is -2.30. The summed E-state index contributed by atoms with van der Waals surface area (Å²) >= 11 is 0. The van der Waals surface area contributed by atoms with Gasteiger partial charge in [-0.2, -0.15) is 0 Å². The van der Waals surface area contributed by atoms with Crippen molar-refractivity contribution >= 4 is 17.9 Å². The van der Waals surface area contributed by atoms with Crippen LogP contribution in [-0.4, -0.2) is 37.2 Å². The Hall–Kier alpha value is -2.89. The topological polar surface area (TPSA) is 78.9 Å². The summed E-state index contributed by atoms with van der Waals surface area (Å²) in [6.45, 7) is 6.54. The number of hydrogen-bond donors (Lipinski definition) is 0. The third-order valence-electron chi connectivity index (χ3n) is 11.0.